The van der Waals surface area contributed by atoms with E-state index in [4.69, 9.17) is 9.47 Å². The van der Waals surface area contributed by atoms with E-state index in [1.54, 1.807) is 38.6 Å². The Morgan fingerprint density at radius 2 is 1.83 bits per heavy atom. The van der Waals surface area contributed by atoms with Gasteiger partial charge in [0.2, 0.25) is 0 Å². The summed E-state index contributed by atoms with van der Waals surface area (Å²) >= 11 is 0. The number of nitrogens with zero attached hydrogens (tertiary/aromatic N) is 1. The van der Waals surface area contributed by atoms with Crippen LogP contribution in [0, 0.1) is 5.82 Å². The van der Waals surface area contributed by atoms with Crippen LogP contribution < -0.4 is 9.47 Å². The number of Topliss-reactive ketones (excluding diaryl/α,β-unsaturated/α-hetero) is 1. The van der Waals surface area contributed by atoms with Gasteiger partial charge >= 0.3 is 0 Å². The largest absolute Gasteiger partial charge is 0.497 e. The van der Waals surface area contributed by atoms with E-state index >= 15 is 0 Å². The molecule has 0 spiro atoms. The average Bonchev–Trinajstić information content (AvgIpc) is 2.95. The summed E-state index contributed by atoms with van der Waals surface area (Å²) in [6.07, 6.45) is 1.80. The van der Waals surface area contributed by atoms with Crippen LogP contribution in [0.1, 0.15) is 22.8 Å². The molecule has 0 N–H and O–H groups in total. The fraction of sp³-hybridized carbons (Fsp3) is 0.211. The summed E-state index contributed by atoms with van der Waals surface area (Å²) in [5.41, 5.74) is 2.35. The van der Waals surface area contributed by atoms with Crippen molar-refractivity contribution in [2.24, 2.45) is 0 Å². The van der Waals surface area contributed by atoms with Crippen LogP contribution in [-0.2, 0) is 6.54 Å². The van der Waals surface area contributed by atoms with Crippen LogP contribution in [0.15, 0.2) is 42.6 Å². The van der Waals surface area contributed by atoms with Gasteiger partial charge in [-0.15, -0.1) is 0 Å². The molecule has 5 heteroatoms. The average molecular weight is 327 g/mol. The van der Waals surface area contributed by atoms with Crippen molar-refractivity contribution < 1.29 is 18.7 Å². The molecule has 0 radical (unpaired) electrons. The Morgan fingerprint density at radius 3 is 2.42 bits per heavy atom. The molecule has 0 bridgehead atoms. The Labute approximate surface area is 139 Å². The number of methoxy groups -OCH3 is 2. The third-order valence-electron chi connectivity index (χ3n) is 4.01. The van der Waals surface area contributed by atoms with Crippen molar-refractivity contribution in [3.05, 3.63) is 59.5 Å². The molecule has 3 aromatic rings. The minimum Gasteiger partial charge on any atom is -0.497 e. The van der Waals surface area contributed by atoms with Gasteiger partial charge in [-0.3, -0.25) is 4.79 Å². The number of benzene rings is 2. The van der Waals surface area contributed by atoms with Gasteiger partial charge in [0, 0.05) is 29.8 Å². The molecule has 0 saturated carbocycles. The summed E-state index contributed by atoms with van der Waals surface area (Å²) in [7, 11) is 3.15. The second-order valence-corrected chi connectivity index (χ2v) is 5.58. The predicted octanol–water partition coefficient (Wildman–Crippen LogP) is 4.05. The molecule has 24 heavy (non-hydrogen) atoms. The van der Waals surface area contributed by atoms with Gasteiger partial charge in [0.25, 0.3) is 0 Å². The third kappa shape index (κ3) is 2.85. The number of aromatic nitrogens is 1. The molecule has 2 aromatic carbocycles. The number of rotatable bonds is 5. The molecule has 0 amide bonds. The number of ketones is 1. The van der Waals surface area contributed by atoms with E-state index in [0.717, 1.165) is 16.5 Å². The first-order chi connectivity index (χ1) is 11.5. The van der Waals surface area contributed by atoms with Crippen LogP contribution in [-0.4, -0.2) is 24.6 Å². The Balaban J connectivity index is 2.19. The molecular formula is C19H18FNO3. The van der Waals surface area contributed by atoms with Gasteiger partial charge in [-0.1, -0.05) is 12.1 Å². The summed E-state index contributed by atoms with van der Waals surface area (Å²) < 4.78 is 25.8. The molecule has 1 heterocycles. The maximum absolute atomic E-state index is 13.1. The highest BCUT2D eigenvalue weighted by Gasteiger charge is 2.17. The van der Waals surface area contributed by atoms with Gasteiger partial charge in [-0.25, -0.2) is 4.39 Å². The molecule has 0 aliphatic rings. The number of hydrogen-bond donors (Lipinski definition) is 0. The van der Waals surface area contributed by atoms with Crippen LogP contribution in [0.25, 0.3) is 10.9 Å². The molecule has 0 fully saturated rings. The van der Waals surface area contributed by atoms with E-state index in [9.17, 15) is 9.18 Å². The van der Waals surface area contributed by atoms with Crippen LogP contribution in [0.2, 0.25) is 0 Å². The molecule has 124 valence electrons. The standard InChI is InChI=1S/C19H18FNO3/c1-12(22)17-11-21(10-13-4-6-14(20)7-5-13)19-16(17)8-15(23-2)9-18(19)24-3/h4-9,11H,10H2,1-3H3. The van der Waals surface area contributed by atoms with Gasteiger partial charge in [0.15, 0.2) is 5.78 Å². The van der Waals surface area contributed by atoms with E-state index in [2.05, 4.69) is 0 Å². The molecule has 0 unspecified atom stereocenters. The number of halogens is 1. The minimum absolute atomic E-state index is 0.0341. The van der Waals surface area contributed by atoms with Gasteiger partial charge in [0.05, 0.1) is 19.7 Å². The molecule has 4 nitrogen and oxygen atoms in total. The maximum Gasteiger partial charge on any atom is 0.161 e. The van der Waals surface area contributed by atoms with Crippen molar-refractivity contribution in [2.45, 2.75) is 13.5 Å². The summed E-state index contributed by atoms with van der Waals surface area (Å²) in [6, 6.07) is 9.92. The normalized spacial score (nSPS) is 10.8. The molecular weight excluding hydrogens is 309 g/mol. The Morgan fingerprint density at radius 1 is 1.12 bits per heavy atom. The summed E-state index contributed by atoms with van der Waals surface area (Å²) in [4.78, 5) is 12.0. The van der Waals surface area contributed by atoms with Crippen molar-refractivity contribution in [3.8, 4) is 11.5 Å². The SMILES string of the molecule is COc1cc(OC)c2c(c1)c(C(C)=O)cn2Cc1ccc(F)cc1. The van der Waals surface area contributed by atoms with Crippen molar-refractivity contribution >= 4 is 16.7 Å². The molecule has 1 aromatic heterocycles. The van der Waals surface area contributed by atoms with Gasteiger partial charge in [-0.2, -0.15) is 0 Å². The second kappa shape index (κ2) is 6.35. The zero-order chi connectivity index (χ0) is 17.3. The zero-order valence-corrected chi connectivity index (χ0v) is 13.8. The molecule has 0 aliphatic heterocycles. The molecule has 0 saturated heterocycles. The number of carbonyl (C=O) groups is 1. The highest BCUT2D eigenvalue weighted by molar-refractivity contribution is 6.08. The fourth-order valence-electron chi connectivity index (χ4n) is 2.84. The molecule has 3 rings (SSSR count). The fourth-order valence-corrected chi connectivity index (χ4v) is 2.84. The lowest BCUT2D eigenvalue weighted by molar-refractivity contribution is 0.101. The first-order valence-electron chi connectivity index (χ1n) is 7.53. The van der Waals surface area contributed by atoms with Crippen LogP contribution in [0.3, 0.4) is 0 Å². The number of hydrogen-bond acceptors (Lipinski definition) is 3. The first kappa shape index (κ1) is 16.1. The topological polar surface area (TPSA) is 40.5 Å². The van der Waals surface area contributed by atoms with Gasteiger partial charge in [-0.05, 0) is 30.7 Å². The van der Waals surface area contributed by atoms with Crippen molar-refractivity contribution in [1.29, 1.82) is 0 Å². The van der Waals surface area contributed by atoms with E-state index in [1.807, 2.05) is 10.6 Å². The summed E-state index contributed by atoms with van der Waals surface area (Å²) in [5, 5.41) is 0.779. The minimum atomic E-state index is -0.275. The van der Waals surface area contributed by atoms with Crippen molar-refractivity contribution in [1.82, 2.24) is 4.57 Å². The zero-order valence-electron chi connectivity index (χ0n) is 13.8. The summed E-state index contributed by atoms with van der Waals surface area (Å²) in [6.45, 7) is 2.04. The van der Waals surface area contributed by atoms with Crippen LogP contribution in [0.5, 0.6) is 11.5 Å². The van der Waals surface area contributed by atoms with Gasteiger partial charge in [0.1, 0.15) is 17.3 Å². The highest BCUT2D eigenvalue weighted by atomic mass is 19.1. The Kier molecular flexibility index (Phi) is 4.25. The molecule has 0 aliphatic carbocycles. The Hall–Kier alpha value is -2.82. The smallest absolute Gasteiger partial charge is 0.161 e. The summed E-state index contributed by atoms with van der Waals surface area (Å²) in [5.74, 6) is 0.941. The molecule has 0 atom stereocenters. The van der Waals surface area contributed by atoms with Crippen molar-refractivity contribution in [3.63, 3.8) is 0 Å². The Bertz CT molecular complexity index is 897. The monoisotopic (exact) mass is 327 g/mol. The third-order valence-corrected chi connectivity index (χ3v) is 4.01. The lowest BCUT2D eigenvalue weighted by atomic mass is 10.1. The lowest BCUT2D eigenvalue weighted by Gasteiger charge is -2.11. The van der Waals surface area contributed by atoms with E-state index < -0.39 is 0 Å². The maximum atomic E-state index is 13.1. The van der Waals surface area contributed by atoms with E-state index in [1.165, 1.54) is 19.1 Å². The van der Waals surface area contributed by atoms with E-state index in [-0.39, 0.29) is 11.6 Å². The lowest BCUT2D eigenvalue weighted by Crippen LogP contribution is -2.00. The first-order valence-corrected chi connectivity index (χ1v) is 7.53. The van der Waals surface area contributed by atoms with Crippen LogP contribution in [0.4, 0.5) is 4.39 Å². The quantitative estimate of drug-likeness (QED) is 0.664. The highest BCUT2D eigenvalue weighted by Crippen LogP contribution is 2.35. The van der Waals surface area contributed by atoms with E-state index in [0.29, 0.717) is 23.6 Å². The van der Waals surface area contributed by atoms with Gasteiger partial charge < -0.3 is 14.0 Å². The second-order valence-electron chi connectivity index (χ2n) is 5.58. The number of fused-ring (bicyclic) bond motifs is 1. The predicted molar refractivity (Wildman–Crippen MR) is 90.5 cm³/mol. The van der Waals surface area contributed by atoms with Crippen LogP contribution >= 0.6 is 0 Å². The van der Waals surface area contributed by atoms with Crippen molar-refractivity contribution in [2.75, 3.05) is 14.2 Å². The number of ether oxygens (including phenoxy) is 2. The number of carbonyl (C=O) groups excluding carboxylic acids is 1.